The lowest BCUT2D eigenvalue weighted by Gasteiger charge is -2.30. The van der Waals surface area contributed by atoms with Gasteiger partial charge in [0.2, 0.25) is 0 Å². The summed E-state index contributed by atoms with van der Waals surface area (Å²) in [6, 6.07) is 9.92. The maximum atomic E-state index is 8.64. The average molecular weight is 234 g/mol. The number of ether oxygens (including phenoxy) is 1. The van der Waals surface area contributed by atoms with Crippen LogP contribution >= 0.6 is 0 Å². The summed E-state index contributed by atoms with van der Waals surface area (Å²) in [5.74, 6) is 0.207. The molecule has 0 amide bonds. The number of rotatable bonds is 5. The van der Waals surface area contributed by atoms with Gasteiger partial charge in [-0.1, -0.05) is 35.5 Å². The molecule has 2 rings (SSSR count). The lowest BCUT2D eigenvalue weighted by atomic mass is 9.95. The Balaban J connectivity index is 2.05. The molecule has 1 fully saturated rings. The second-order valence-corrected chi connectivity index (χ2v) is 4.38. The normalized spacial score (nSPS) is 18.7. The fourth-order valence-corrected chi connectivity index (χ4v) is 1.88. The maximum absolute atomic E-state index is 8.64. The van der Waals surface area contributed by atoms with Gasteiger partial charge >= 0.3 is 0 Å². The van der Waals surface area contributed by atoms with Crippen LogP contribution in [0.1, 0.15) is 37.4 Å². The van der Waals surface area contributed by atoms with E-state index in [0.29, 0.717) is 12.5 Å². The molecule has 0 spiro atoms. The zero-order valence-electron chi connectivity index (χ0n) is 9.75. The van der Waals surface area contributed by atoms with E-state index in [1.807, 2.05) is 30.3 Å². The zero-order valence-corrected chi connectivity index (χ0v) is 9.75. The van der Waals surface area contributed by atoms with Crippen molar-refractivity contribution in [3.63, 3.8) is 0 Å². The van der Waals surface area contributed by atoms with Gasteiger partial charge in [0.15, 0.2) is 0 Å². The van der Waals surface area contributed by atoms with Crippen LogP contribution in [0.4, 0.5) is 0 Å². The molecule has 1 aliphatic carbocycles. The van der Waals surface area contributed by atoms with Crippen LogP contribution in [0.15, 0.2) is 35.5 Å². The molecule has 1 aromatic rings. The first-order valence-electron chi connectivity index (χ1n) is 5.96. The van der Waals surface area contributed by atoms with Crippen molar-refractivity contribution in [3.05, 3.63) is 35.9 Å². The van der Waals surface area contributed by atoms with E-state index in [9.17, 15) is 0 Å². The smallest absolute Gasteiger partial charge is 0.142 e. The minimum absolute atomic E-state index is 0.114. The van der Waals surface area contributed by atoms with Crippen LogP contribution in [0.5, 0.6) is 0 Å². The fraction of sp³-hybridized carbons (Fsp3) is 0.462. The van der Waals surface area contributed by atoms with Gasteiger partial charge in [0.25, 0.3) is 0 Å². The van der Waals surface area contributed by atoms with Crippen LogP contribution < -0.4 is 5.73 Å². The van der Waals surface area contributed by atoms with Crippen LogP contribution in [0, 0.1) is 0 Å². The molecule has 1 aromatic carbocycles. The van der Waals surface area contributed by atoms with Crippen molar-refractivity contribution in [3.8, 4) is 0 Å². The van der Waals surface area contributed by atoms with E-state index in [0.717, 1.165) is 18.4 Å². The van der Waals surface area contributed by atoms with E-state index in [1.165, 1.54) is 6.42 Å². The molecular formula is C13H18N2O2. The minimum atomic E-state index is -0.114. The van der Waals surface area contributed by atoms with Gasteiger partial charge in [0, 0.05) is 6.42 Å². The number of nitrogens with two attached hydrogens (primary N) is 1. The number of benzene rings is 1. The first kappa shape index (κ1) is 11.9. The molecule has 1 atom stereocenters. The van der Waals surface area contributed by atoms with E-state index in [4.69, 9.17) is 15.7 Å². The fourth-order valence-electron chi connectivity index (χ4n) is 1.88. The van der Waals surface area contributed by atoms with Crippen molar-refractivity contribution in [1.29, 1.82) is 0 Å². The van der Waals surface area contributed by atoms with Gasteiger partial charge in [-0.15, -0.1) is 0 Å². The molecule has 4 heteroatoms. The predicted octanol–water partition coefficient (Wildman–Crippen LogP) is 2.43. The number of hydrogen-bond donors (Lipinski definition) is 2. The molecule has 92 valence electrons. The molecule has 1 saturated carbocycles. The molecule has 0 aromatic heterocycles. The lowest BCUT2D eigenvalue weighted by Crippen LogP contribution is -2.26. The van der Waals surface area contributed by atoms with E-state index < -0.39 is 0 Å². The van der Waals surface area contributed by atoms with E-state index >= 15 is 0 Å². The third-order valence-electron chi connectivity index (χ3n) is 3.10. The Labute approximate surface area is 101 Å². The number of amidine groups is 1. The Morgan fingerprint density at radius 3 is 2.65 bits per heavy atom. The molecule has 17 heavy (non-hydrogen) atoms. The highest BCUT2D eigenvalue weighted by atomic mass is 16.5. The Morgan fingerprint density at radius 2 is 2.12 bits per heavy atom. The number of hydrogen-bond acceptors (Lipinski definition) is 3. The van der Waals surface area contributed by atoms with Crippen LogP contribution in [0.25, 0.3) is 0 Å². The van der Waals surface area contributed by atoms with E-state index in [2.05, 4.69) is 5.16 Å². The molecule has 0 radical (unpaired) electrons. The van der Waals surface area contributed by atoms with Crippen molar-refractivity contribution in [2.24, 2.45) is 10.9 Å². The van der Waals surface area contributed by atoms with Crippen molar-refractivity contribution >= 4 is 5.84 Å². The SMILES string of the molecule is NC(CC(OC1CCC1)c1ccccc1)=NO. The van der Waals surface area contributed by atoms with Crippen LogP contribution in [-0.2, 0) is 4.74 Å². The molecular weight excluding hydrogens is 216 g/mol. The van der Waals surface area contributed by atoms with E-state index in [-0.39, 0.29) is 11.9 Å². The maximum Gasteiger partial charge on any atom is 0.142 e. The summed E-state index contributed by atoms with van der Waals surface area (Å²) in [7, 11) is 0. The van der Waals surface area contributed by atoms with Gasteiger partial charge in [-0.3, -0.25) is 0 Å². The van der Waals surface area contributed by atoms with Crippen molar-refractivity contribution < 1.29 is 9.94 Å². The van der Waals surface area contributed by atoms with Crippen LogP contribution in [0.3, 0.4) is 0 Å². The second kappa shape index (κ2) is 5.68. The average Bonchev–Trinajstić information content (AvgIpc) is 2.33. The third-order valence-corrected chi connectivity index (χ3v) is 3.10. The minimum Gasteiger partial charge on any atom is -0.409 e. The highest BCUT2D eigenvalue weighted by Crippen LogP contribution is 2.30. The van der Waals surface area contributed by atoms with Crippen molar-refractivity contribution in [1.82, 2.24) is 0 Å². The molecule has 0 heterocycles. The molecule has 3 N–H and O–H groups in total. The Morgan fingerprint density at radius 1 is 1.41 bits per heavy atom. The summed E-state index contributed by atoms with van der Waals surface area (Å²) in [5.41, 5.74) is 6.64. The van der Waals surface area contributed by atoms with Gasteiger partial charge in [-0.05, 0) is 24.8 Å². The summed E-state index contributed by atoms with van der Waals surface area (Å²) in [5, 5.41) is 11.7. The number of oxime groups is 1. The molecule has 0 bridgehead atoms. The van der Waals surface area contributed by atoms with Gasteiger partial charge in [0.05, 0.1) is 12.2 Å². The highest BCUT2D eigenvalue weighted by Gasteiger charge is 2.24. The summed E-state index contributed by atoms with van der Waals surface area (Å²) >= 11 is 0. The predicted molar refractivity (Wildman–Crippen MR) is 65.9 cm³/mol. The molecule has 0 aliphatic heterocycles. The Kier molecular flexibility index (Phi) is 3.98. The van der Waals surface area contributed by atoms with E-state index in [1.54, 1.807) is 0 Å². The van der Waals surface area contributed by atoms with Gasteiger partial charge in [-0.2, -0.15) is 0 Å². The zero-order chi connectivity index (χ0) is 12.1. The summed E-state index contributed by atoms with van der Waals surface area (Å²) in [6.07, 6.45) is 4.09. The van der Waals surface area contributed by atoms with Crippen molar-refractivity contribution in [2.45, 2.75) is 37.9 Å². The van der Waals surface area contributed by atoms with Crippen LogP contribution in [-0.4, -0.2) is 17.1 Å². The lowest BCUT2D eigenvalue weighted by molar-refractivity contribution is -0.0499. The summed E-state index contributed by atoms with van der Waals surface area (Å²) < 4.78 is 5.97. The van der Waals surface area contributed by atoms with Crippen LogP contribution in [0.2, 0.25) is 0 Å². The monoisotopic (exact) mass is 234 g/mol. The molecule has 1 unspecified atom stereocenters. The summed E-state index contributed by atoms with van der Waals surface area (Å²) in [4.78, 5) is 0. The first-order chi connectivity index (χ1) is 8.29. The summed E-state index contributed by atoms with van der Waals surface area (Å²) in [6.45, 7) is 0. The van der Waals surface area contributed by atoms with Gasteiger partial charge < -0.3 is 15.7 Å². The first-order valence-corrected chi connectivity index (χ1v) is 5.96. The van der Waals surface area contributed by atoms with Gasteiger partial charge in [0.1, 0.15) is 5.84 Å². The number of nitrogens with zero attached hydrogens (tertiary/aromatic N) is 1. The van der Waals surface area contributed by atoms with Gasteiger partial charge in [-0.25, -0.2) is 0 Å². The highest BCUT2D eigenvalue weighted by molar-refractivity contribution is 5.80. The largest absolute Gasteiger partial charge is 0.409 e. The molecule has 1 aliphatic rings. The third kappa shape index (κ3) is 3.20. The van der Waals surface area contributed by atoms with Crippen molar-refractivity contribution in [2.75, 3.05) is 0 Å². The second-order valence-electron chi connectivity index (χ2n) is 4.38. The quantitative estimate of drug-likeness (QED) is 0.356. The molecule has 0 saturated heterocycles. The molecule has 4 nitrogen and oxygen atoms in total. The standard InChI is InChI=1S/C13H18N2O2/c14-13(15-16)9-12(17-11-7-4-8-11)10-5-2-1-3-6-10/h1-3,5-6,11-12,16H,4,7-9H2,(H2,14,15). The Bertz CT molecular complexity index is 374. The Hall–Kier alpha value is -1.55. The topological polar surface area (TPSA) is 67.8 Å².